The molecule has 24 heavy (non-hydrogen) atoms. The summed E-state index contributed by atoms with van der Waals surface area (Å²) < 4.78 is 66.5. The van der Waals surface area contributed by atoms with E-state index in [0.29, 0.717) is 25.0 Å². The molecular weight excluding hydrogens is 347 g/mol. The molecule has 0 bridgehead atoms. The van der Waals surface area contributed by atoms with E-state index in [1.54, 1.807) is 0 Å². The minimum Gasteiger partial charge on any atom is -0.480 e. The zero-order chi connectivity index (χ0) is 17.6. The molecule has 1 aromatic carbocycles. The van der Waals surface area contributed by atoms with E-state index in [1.165, 1.54) is 0 Å². The van der Waals surface area contributed by atoms with Gasteiger partial charge in [-0.05, 0) is 37.3 Å². The SMILES string of the molecule is O=C(O)C1CC2CCCCC2N1S(=O)(=O)c1cc(F)c(F)c(F)c1. The van der Waals surface area contributed by atoms with E-state index in [-0.39, 0.29) is 12.3 Å². The summed E-state index contributed by atoms with van der Waals surface area (Å²) >= 11 is 0. The highest BCUT2D eigenvalue weighted by atomic mass is 32.2. The van der Waals surface area contributed by atoms with Crippen LogP contribution in [0.4, 0.5) is 13.2 Å². The normalized spacial score (nSPS) is 27.9. The molecule has 1 saturated carbocycles. The molecule has 2 fully saturated rings. The van der Waals surface area contributed by atoms with E-state index < -0.39 is 50.4 Å². The molecule has 1 N–H and O–H groups in total. The van der Waals surface area contributed by atoms with Crippen molar-refractivity contribution in [1.82, 2.24) is 4.31 Å². The van der Waals surface area contributed by atoms with Crippen LogP contribution in [0.2, 0.25) is 0 Å². The predicted octanol–water partition coefficient (Wildman–Crippen LogP) is 2.51. The summed E-state index contributed by atoms with van der Waals surface area (Å²) in [7, 11) is -4.46. The quantitative estimate of drug-likeness (QED) is 0.838. The van der Waals surface area contributed by atoms with Crippen molar-refractivity contribution < 1.29 is 31.5 Å². The van der Waals surface area contributed by atoms with Crippen molar-refractivity contribution >= 4 is 16.0 Å². The zero-order valence-electron chi connectivity index (χ0n) is 12.6. The maximum absolute atomic E-state index is 13.4. The van der Waals surface area contributed by atoms with Crippen molar-refractivity contribution in [2.45, 2.75) is 49.1 Å². The number of aliphatic carboxylic acids is 1. The number of nitrogens with zero attached hydrogens (tertiary/aromatic N) is 1. The van der Waals surface area contributed by atoms with Gasteiger partial charge < -0.3 is 5.11 Å². The van der Waals surface area contributed by atoms with Crippen molar-refractivity contribution in [3.05, 3.63) is 29.6 Å². The summed E-state index contributed by atoms with van der Waals surface area (Å²) in [6.07, 6.45) is 3.03. The average molecular weight is 363 g/mol. The Hall–Kier alpha value is -1.61. The standard InChI is InChI=1S/C15H16F3NO4S/c16-10-6-9(7-11(17)14(10)18)24(22,23)19-12-4-2-1-3-8(12)5-13(19)15(20)21/h6-8,12-13H,1-5H2,(H,20,21). The molecule has 1 saturated heterocycles. The lowest BCUT2D eigenvalue weighted by molar-refractivity contribution is -0.141. The molecule has 2 aliphatic rings. The second-order valence-corrected chi connectivity index (χ2v) is 8.08. The van der Waals surface area contributed by atoms with Gasteiger partial charge in [0.25, 0.3) is 0 Å². The van der Waals surface area contributed by atoms with Crippen LogP contribution in [-0.2, 0) is 14.8 Å². The lowest BCUT2D eigenvalue weighted by atomic mass is 9.85. The third kappa shape index (κ3) is 2.69. The third-order valence-electron chi connectivity index (χ3n) is 4.85. The van der Waals surface area contributed by atoms with Gasteiger partial charge in [-0.15, -0.1) is 0 Å². The summed E-state index contributed by atoms with van der Waals surface area (Å²) in [6, 6.07) is -1.01. The highest BCUT2D eigenvalue weighted by Gasteiger charge is 2.51. The second kappa shape index (κ2) is 6.03. The maximum atomic E-state index is 13.4. The van der Waals surface area contributed by atoms with Crippen molar-refractivity contribution in [3.63, 3.8) is 0 Å². The lowest BCUT2D eigenvalue weighted by Crippen LogP contribution is -2.46. The molecule has 0 radical (unpaired) electrons. The molecule has 1 aliphatic heterocycles. The second-order valence-electron chi connectivity index (χ2n) is 6.24. The molecule has 3 unspecified atom stereocenters. The van der Waals surface area contributed by atoms with Crippen molar-refractivity contribution in [2.24, 2.45) is 5.92 Å². The maximum Gasteiger partial charge on any atom is 0.322 e. The molecule has 1 aromatic rings. The summed E-state index contributed by atoms with van der Waals surface area (Å²) in [6.45, 7) is 0. The highest BCUT2D eigenvalue weighted by molar-refractivity contribution is 7.89. The Kier molecular flexibility index (Phi) is 4.33. The van der Waals surface area contributed by atoms with Crippen LogP contribution >= 0.6 is 0 Å². The fraction of sp³-hybridized carbons (Fsp3) is 0.533. The first-order valence-electron chi connectivity index (χ1n) is 7.64. The molecule has 3 rings (SSSR count). The minimum absolute atomic E-state index is 0.0928. The Balaban J connectivity index is 2.08. The van der Waals surface area contributed by atoms with E-state index in [0.717, 1.165) is 17.1 Å². The zero-order valence-corrected chi connectivity index (χ0v) is 13.4. The van der Waals surface area contributed by atoms with Gasteiger partial charge in [-0.1, -0.05) is 12.8 Å². The molecule has 9 heteroatoms. The molecule has 0 aromatic heterocycles. The number of carboxylic acids is 1. The van der Waals surface area contributed by atoms with Gasteiger partial charge in [0.2, 0.25) is 10.0 Å². The molecule has 1 aliphatic carbocycles. The Morgan fingerprint density at radius 1 is 1.12 bits per heavy atom. The fourth-order valence-electron chi connectivity index (χ4n) is 3.78. The minimum atomic E-state index is -4.46. The monoisotopic (exact) mass is 363 g/mol. The smallest absolute Gasteiger partial charge is 0.322 e. The van der Waals surface area contributed by atoms with Gasteiger partial charge in [-0.25, -0.2) is 21.6 Å². The van der Waals surface area contributed by atoms with Gasteiger partial charge in [-0.2, -0.15) is 4.31 Å². The van der Waals surface area contributed by atoms with Gasteiger partial charge in [0.15, 0.2) is 17.5 Å². The van der Waals surface area contributed by atoms with Gasteiger partial charge in [0.05, 0.1) is 4.90 Å². The van der Waals surface area contributed by atoms with Gasteiger partial charge >= 0.3 is 5.97 Å². The van der Waals surface area contributed by atoms with E-state index >= 15 is 0 Å². The van der Waals surface area contributed by atoms with Crippen molar-refractivity contribution in [1.29, 1.82) is 0 Å². The summed E-state index contributed by atoms with van der Waals surface area (Å²) in [5.41, 5.74) is 0. The predicted molar refractivity (Wildman–Crippen MR) is 77.1 cm³/mol. The number of hydrogen-bond donors (Lipinski definition) is 1. The number of halogens is 3. The molecule has 1 heterocycles. The highest BCUT2D eigenvalue weighted by Crippen LogP contribution is 2.42. The number of sulfonamides is 1. The molecule has 3 atom stereocenters. The van der Waals surface area contributed by atoms with Crippen LogP contribution in [0.15, 0.2) is 17.0 Å². The van der Waals surface area contributed by atoms with E-state index in [4.69, 9.17) is 0 Å². The Morgan fingerprint density at radius 2 is 1.71 bits per heavy atom. The van der Waals surface area contributed by atoms with Crippen LogP contribution in [0.1, 0.15) is 32.1 Å². The van der Waals surface area contributed by atoms with Crippen LogP contribution in [-0.4, -0.2) is 35.9 Å². The van der Waals surface area contributed by atoms with E-state index in [1.807, 2.05) is 0 Å². The summed E-state index contributed by atoms with van der Waals surface area (Å²) in [5, 5.41) is 9.38. The Morgan fingerprint density at radius 3 is 2.29 bits per heavy atom. The number of fused-ring (bicyclic) bond motifs is 1. The third-order valence-corrected chi connectivity index (χ3v) is 6.76. The average Bonchev–Trinajstić information content (AvgIpc) is 2.92. The first-order chi connectivity index (χ1) is 11.2. The van der Waals surface area contributed by atoms with Crippen LogP contribution in [0.5, 0.6) is 0 Å². The number of carbonyl (C=O) groups is 1. The molecule has 5 nitrogen and oxygen atoms in total. The van der Waals surface area contributed by atoms with Crippen LogP contribution in [0.25, 0.3) is 0 Å². The number of carboxylic acid groups (broad SMARTS) is 1. The summed E-state index contributed by atoms with van der Waals surface area (Å²) in [5.74, 6) is -6.40. The molecule has 0 amide bonds. The van der Waals surface area contributed by atoms with Gasteiger partial charge in [0, 0.05) is 6.04 Å². The number of hydrogen-bond acceptors (Lipinski definition) is 3. The number of benzene rings is 1. The Labute approximate surface area is 137 Å². The van der Waals surface area contributed by atoms with Crippen LogP contribution < -0.4 is 0 Å². The van der Waals surface area contributed by atoms with Crippen LogP contribution in [0.3, 0.4) is 0 Å². The molecular formula is C15H16F3NO4S. The lowest BCUT2D eigenvalue weighted by Gasteiger charge is -2.32. The topological polar surface area (TPSA) is 74.7 Å². The molecule has 0 spiro atoms. The molecule has 132 valence electrons. The van der Waals surface area contributed by atoms with E-state index in [2.05, 4.69) is 0 Å². The van der Waals surface area contributed by atoms with Gasteiger partial charge in [0.1, 0.15) is 6.04 Å². The van der Waals surface area contributed by atoms with E-state index in [9.17, 15) is 31.5 Å². The van der Waals surface area contributed by atoms with Gasteiger partial charge in [-0.3, -0.25) is 4.79 Å². The largest absolute Gasteiger partial charge is 0.480 e. The van der Waals surface area contributed by atoms with Crippen molar-refractivity contribution in [2.75, 3.05) is 0 Å². The first kappa shape index (κ1) is 17.2. The number of rotatable bonds is 3. The first-order valence-corrected chi connectivity index (χ1v) is 9.08. The Bertz CT molecular complexity index is 760. The fourth-order valence-corrected chi connectivity index (χ4v) is 5.67. The summed E-state index contributed by atoms with van der Waals surface area (Å²) in [4.78, 5) is 10.7. The van der Waals surface area contributed by atoms with Crippen LogP contribution in [0, 0.1) is 23.4 Å². The van der Waals surface area contributed by atoms with Crippen molar-refractivity contribution in [3.8, 4) is 0 Å².